The molecule has 0 bridgehead atoms. The highest BCUT2D eigenvalue weighted by Gasteiger charge is 2.21. The molecular weight excluding hydrogens is 254 g/mol. The number of hydrogen-bond donors (Lipinski definition) is 1. The van der Waals surface area contributed by atoms with Gasteiger partial charge in [0.2, 0.25) is 5.89 Å². The third-order valence-electron chi connectivity index (χ3n) is 2.78. The van der Waals surface area contributed by atoms with E-state index in [-0.39, 0.29) is 6.04 Å². The predicted molar refractivity (Wildman–Crippen MR) is 73.4 cm³/mol. The van der Waals surface area contributed by atoms with Crippen LogP contribution in [0.2, 0.25) is 0 Å². The SMILES string of the molecule is CCC(C)SCc1noc(C2CSCCN2)n1. The molecule has 1 N–H and O–H groups in total. The molecule has 0 radical (unpaired) electrons. The van der Waals surface area contributed by atoms with E-state index < -0.39 is 0 Å². The van der Waals surface area contributed by atoms with Gasteiger partial charge in [0.15, 0.2) is 5.82 Å². The van der Waals surface area contributed by atoms with Crippen LogP contribution >= 0.6 is 23.5 Å². The van der Waals surface area contributed by atoms with E-state index in [1.807, 2.05) is 23.5 Å². The molecule has 96 valence electrons. The maximum atomic E-state index is 5.32. The van der Waals surface area contributed by atoms with Gasteiger partial charge in [-0.1, -0.05) is 19.0 Å². The number of nitrogens with one attached hydrogen (secondary N) is 1. The lowest BCUT2D eigenvalue weighted by molar-refractivity contribution is 0.339. The molecule has 1 aromatic heterocycles. The van der Waals surface area contributed by atoms with Crippen molar-refractivity contribution in [1.29, 1.82) is 0 Å². The number of nitrogens with zero attached hydrogens (tertiary/aromatic N) is 2. The fourth-order valence-corrected chi connectivity index (χ4v) is 3.24. The van der Waals surface area contributed by atoms with Crippen molar-refractivity contribution in [2.75, 3.05) is 18.1 Å². The summed E-state index contributed by atoms with van der Waals surface area (Å²) in [6.45, 7) is 5.45. The Bertz CT molecular complexity index is 339. The van der Waals surface area contributed by atoms with Crippen LogP contribution in [0, 0.1) is 0 Å². The van der Waals surface area contributed by atoms with Crippen molar-refractivity contribution in [2.45, 2.75) is 37.3 Å². The fourth-order valence-electron chi connectivity index (χ4n) is 1.53. The standard InChI is InChI=1S/C11H19N3OS2/c1-3-8(2)17-7-10-13-11(15-14-10)9-6-16-5-4-12-9/h8-9,12H,3-7H2,1-2H3. The van der Waals surface area contributed by atoms with E-state index >= 15 is 0 Å². The molecule has 2 unspecified atom stereocenters. The molecule has 1 aliphatic heterocycles. The van der Waals surface area contributed by atoms with Crippen molar-refractivity contribution in [3.05, 3.63) is 11.7 Å². The fraction of sp³-hybridized carbons (Fsp3) is 0.818. The zero-order chi connectivity index (χ0) is 12.1. The molecule has 0 aliphatic carbocycles. The first kappa shape index (κ1) is 13.2. The summed E-state index contributed by atoms with van der Waals surface area (Å²) in [7, 11) is 0. The Hall–Kier alpha value is -0.200. The zero-order valence-corrected chi connectivity index (χ0v) is 11.9. The molecule has 2 rings (SSSR count). The maximum Gasteiger partial charge on any atom is 0.244 e. The molecule has 0 amide bonds. The first-order valence-corrected chi connectivity index (χ1v) is 8.25. The maximum absolute atomic E-state index is 5.32. The van der Waals surface area contributed by atoms with Crippen molar-refractivity contribution in [2.24, 2.45) is 0 Å². The lowest BCUT2D eigenvalue weighted by Crippen LogP contribution is -2.30. The lowest BCUT2D eigenvalue weighted by atomic mass is 10.3. The van der Waals surface area contributed by atoms with Gasteiger partial charge in [-0.2, -0.15) is 28.5 Å². The van der Waals surface area contributed by atoms with Gasteiger partial charge in [0.25, 0.3) is 0 Å². The quantitative estimate of drug-likeness (QED) is 0.889. The summed E-state index contributed by atoms with van der Waals surface area (Å²) in [5.41, 5.74) is 0. The summed E-state index contributed by atoms with van der Waals surface area (Å²) in [4.78, 5) is 4.47. The van der Waals surface area contributed by atoms with Crippen molar-refractivity contribution >= 4 is 23.5 Å². The van der Waals surface area contributed by atoms with E-state index in [2.05, 4.69) is 29.3 Å². The van der Waals surface area contributed by atoms with Crippen molar-refractivity contribution in [3.8, 4) is 0 Å². The highest BCUT2D eigenvalue weighted by Crippen LogP contribution is 2.22. The highest BCUT2D eigenvalue weighted by molar-refractivity contribution is 7.99. The third-order valence-corrected chi connectivity index (χ3v) is 5.16. The van der Waals surface area contributed by atoms with Crippen LogP contribution in [-0.2, 0) is 5.75 Å². The van der Waals surface area contributed by atoms with Gasteiger partial charge in [0.05, 0.1) is 11.8 Å². The molecule has 1 fully saturated rings. The van der Waals surface area contributed by atoms with Gasteiger partial charge in [-0.25, -0.2) is 0 Å². The molecule has 1 aromatic rings. The van der Waals surface area contributed by atoms with Crippen LogP contribution in [0.1, 0.15) is 38.0 Å². The van der Waals surface area contributed by atoms with Gasteiger partial charge in [-0.15, -0.1) is 0 Å². The summed E-state index contributed by atoms with van der Waals surface area (Å²) in [6, 6.07) is 0.239. The Morgan fingerprint density at radius 1 is 1.65 bits per heavy atom. The average molecular weight is 273 g/mol. The Morgan fingerprint density at radius 2 is 2.53 bits per heavy atom. The summed E-state index contributed by atoms with van der Waals surface area (Å²) in [6.07, 6.45) is 1.18. The second-order valence-electron chi connectivity index (χ2n) is 4.16. The van der Waals surface area contributed by atoms with Crippen LogP contribution in [0.3, 0.4) is 0 Å². The van der Waals surface area contributed by atoms with Gasteiger partial charge in [-0.3, -0.25) is 0 Å². The van der Waals surface area contributed by atoms with Gasteiger partial charge >= 0.3 is 0 Å². The van der Waals surface area contributed by atoms with E-state index in [1.54, 1.807) is 0 Å². The number of thioether (sulfide) groups is 2. The highest BCUT2D eigenvalue weighted by atomic mass is 32.2. The molecule has 4 nitrogen and oxygen atoms in total. The molecule has 2 atom stereocenters. The third kappa shape index (κ3) is 3.89. The Labute approximate surface area is 111 Å². The van der Waals surface area contributed by atoms with E-state index in [4.69, 9.17) is 4.52 Å². The van der Waals surface area contributed by atoms with Gasteiger partial charge in [0.1, 0.15) is 0 Å². The second kappa shape index (κ2) is 6.66. The van der Waals surface area contributed by atoms with E-state index in [0.717, 1.165) is 29.8 Å². The summed E-state index contributed by atoms with van der Waals surface area (Å²) in [5.74, 6) is 4.61. The minimum Gasteiger partial charge on any atom is -0.338 e. The zero-order valence-electron chi connectivity index (χ0n) is 10.3. The first-order chi connectivity index (χ1) is 8.29. The molecule has 0 aromatic carbocycles. The number of rotatable bonds is 5. The largest absolute Gasteiger partial charge is 0.338 e. The molecule has 0 spiro atoms. The normalized spacial score (nSPS) is 22.6. The molecule has 1 saturated heterocycles. The Balaban J connectivity index is 1.86. The topological polar surface area (TPSA) is 51.0 Å². The lowest BCUT2D eigenvalue weighted by Gasteiger charge is -2.19. The molecule has 1 aliphatic rings. The van der Waals surface area contributed by atoms with E-state index in [0.29, 0.717) is 5.25 Å². The van der Waals surface area contributed by atoms with Crippen molar-refractivity contribution in [1.82, 2.24) is 15.5 Å². The van der Waals surface area contributed by atoms with E-state index in [1.165, 1.54) is 12.2 Å². The Kier molecular flexibility index (Phi) is 5.18. The van der Waals surface area contributed by atoms with Gasteiger partial charge in [0, 0.05) is 23.3 Å². The summed E-state index contributed by atoms with van der Waals surface area (Å²) >= 11 is 3.81. The van der Waals surface area contributed by atoms with E-state index in [9.17, 15) is 0 Å². The first-order valence-electron chi connectivity index (χ1n) is 6.04. The van der Waals surface area contributed by atoms with Crippen LogP contribution in [-0.4, -0.2) is 33.4 Å². The van der Waals surface area contributed by atoms with Gasteiger partial charge in [-0.05, 0) is 6.42 Å². The smallest absolute Gasteiger partial charge is 0.244 e. The second-order valence-corrected chi connectivity index (χ2v) is 6.74. The average Bonchev–Trinajstić information content (AvgIpc) is 2.86. The molecule has 0 saturated carbocycles. The van der Waals surface area contributed by atoms with Crippen molar-refractivity contribution < 1.29 is 4.52 Å². The minimum absolute atomic E-state index is 0.239. The van der Waals surface area contributed by atoms with Crippen LogP contribution in [0.4, 0.5) is 0 Å². The number of aromatic nitrogens is 2. The molecule has 6 heteroatoms. The summed E-state index contributed by atoms with van der Waals surface area (Å²) < 4.78 is 5.32. The van der Waals surface area contributed by atoms with Crippen LogP contribution < -0.4 is 5.32 Å². The summed E-state index contributed by atoms with van der Waals surface area (Å²) in [5, 5.41) is 8.10. The number of hydrogen-bond acceptors (Lipinski definition) is 6. The monoisotopic (exact) mass is 273 g/mol. The van der Waals surface area contributed by atoms with Gasteiger partial charge < -0.3 is 9.84 Å². The molecule has 17 heavy (non-hydrogen) atoms. The minimum atomic E-state index is 0.239. The molecule has 2 heterocycles. The van der Waals surface area contributed by atoms with Crippen molar-refractivity contribution in [3.63, 3.8) is 0 Å². The predicted octanol–water partition coefficient (Wildman–Crippen LogP) is 2.48. The van der Waals surface area contributed by atoms with Crippen LogP contribution in [0.15, 0.2) is 4.52 Å². The Morgan fingerprint density at radius 3 is 3.24 bits per heavy atom. The molecular formula is C11H19N3OS2. The van der Waals surface area contributed by atoms with Crippen LogP contribution in [0.5, 0.6) is 0 Å². The van der Waals surface area contributed by atoms with Crippen LogP contribution in [0.25, 0.3) is 0 Å².